The van der Waals surface area contributed by atoms with E-state index in [1.807, 2.05) is 30.3 Å². The maximum Gasteiger partial charge on any atom is 0.130 e. The lowest BCUT2D eigenvalue weighted by Gasteiger charge is -2.36. The molecule has 23 heavy (non-hydrogen) atoms. The molecule has 0 fully saturated rings. The monoisotopic (exact) mass is 306 g/mol. The van der Waals surface area contributed by atoms with Gasteiger partial charge in [-0.2, -0.15) is 0 Å². The lowest BCUT2D eigenvalue weighted by Crippen LogP contribution is -2.53. The minimum atomic E-state index is -0.416. The summed E-state index contributed by atoms with van der Waals surface area (Å²) in [5.41, 5.74) is 1.75. The van der Waals surface area contributed by atoms with Crippen LogP contribution in [0.2, 0.25) is 0 Å². The van der Waals surface area contributed by atoms with Gasteiger partial charge in [-0.15, -0.1) is 0 Å². The predicted octanol–water partition coefficient (Wildman–Crippen LogP) is 3.74. The highest BCUT2D eigenvalue weighted by atomic mass is 15.2. The summed E-state index contributed by atoms with van der Waals surface area (Å²) >= 11 is 0. The fourth-order valence-electron chi connectivity index (χ4n) is 2.64. The molecule has 1 aliphatic rings. The van der Waals surface area contributed by atoms with Gasteiger partial charge in [0.2, 0.25) is 0 Å². The molecule has 2 heterocycles. The molecule has 2 aromatic rings. The Kier molecular flexibility index (Phi) is 4.44. The second-order valence-electron chi connectivity index (χ2n) is 5.90. The maximum absolute atomic E-state index is 4.07. The van der Waals surface area contributed by atoms with Crippen molar-refractivity contribution in [1.82, 2.24) is 10.3 Å². The zero-order chi connectivity index (χ0) is 16.1. The number of anilines is 2. The number of para-hydroxylation sites is 1. The van der Waals surface area contributed by atoms with Crippen molar-refractivity contribution in [1.29, 1.82) is 0 Å². The van der Waals surface area contributed by atoms with Crippen LogP contribution in [0, 0.1) is 0 Å². The topological polar surface area (TPSA) is 40.2 Å². The van der Waals surface area contributed by atoms with E-state index in [1.165, 1.54) is 0 Å². The van der Waals surface area contributed by atoms with Gasteiger partial charge in [0.25, 0.3) is 0 Å². The van der Waals surface area contributed by atoms with Crippen LogP contribution in [0.3, 0.4) is 0 Å². The van der Waals surface area contributed by atoms with E-state index < -0.39 is 5.66 Å². The Labute approximate surface area is 137 Å². The summed E-state index contributed by atoms with van der Waals surface area (Å²) in [4.78, 5) is 6.17. The Hall–Kier alpha value is -2.59. The van der Waals surface area contributed by atoms with Crippen LogP contribution in [0.25, 0.3) is 0 Å². The van der Waals surface area contributed by atoms with Gasteiger partial charge in [-0.3, -0.25) is 10.3 Å². The van der Waals surface area contributed by atoms with Gasteiger partial charge >= 0.3 is 0 Å². The van der Waals surface area contributed by atoms with Crippen molar-refractivity contribution in [3.8, 4) is 0 Å². The number of nitrogens with one attached hydrogen (secondary N) is 2. The molecule has 4 heteroatoms. The molecule has 1 aliphatic heterocycles. The van der Waals surface area contributed by atoms with Crippen molar-refractivity contribution in [3.05, 3.63) is 79.4 Å². The average Bonchev–Trinajstić information content (AvgIpc) is 2.56. The van der Waals surface area contributed by atoms with Crippen LogP contribution in [0.1, 0.15) is 13.8 Å². The van der Waals surface area contributed by atoms with Gasteiger partial charge in [-0.1, -0.05) is 18.2 Å². The fraction of sp³-hybridized carbons (Fsp3) is 0.211. The highest BCUT2D eigenvalue weighted by Gasteiger charge is 2.27. The van der Waals surface area contributed by atoms with Gasteiger partial charge in [0.1, 0.15) is 5.66 Å². The van der Waals surface area contributed by atoms with E-state index in [-0.39, 0.29) is 0 Å². The molecule has 2 N–H and O–H groups in total. The van der Waals surface area contributed by atoms with Crippen LogP contribution in [-0.4, -0.2) is 16.7 Å². The Morgan fingerprint density at radius 1 is 0.957 bits per heavy atom. The Morgan fingerprint density at radius 3 is 2.22 bits per heavy atom. The summed E-state index contributed by atoms with van der Waals surface area (Å²) in [5.74, 6) is 0. The molecular formula is C19H22N4. The molecule has 1 aromatic heterocycles. The maximum atomic E-state index is 4.07. The van der Waals surface area contributed by atoms with Crippen molar-refractivity contribution in [2.75, 3.05) is 10.2 Å². The van der Waals surface area contributed by atoms with Crippen molar-refractivity contribution < 1.29 is 0 Å². The van der Waals surface area contributed by atoms with E-state index >= 15 is 0 Å². The first-order chi connectivity index (χ1) is 11.2. The van der Waals surface area contributed by atoms with Crippen molar-refractivity contribution in [2.45, 2.75) is 25.6 Å². The highest BCUT2D eigenvalue weighted by molar-refractivity contribution is 5.57. The standard InChI is InChI=1S/C19H22N4/c1-16(2)21-19(22-17-8-12-20-13-9-17)10-14-23(15-11-19)18-6-4-3-5-7-18/h3-16,21H,1-2H3,(H,20,22). The number of pyridine rings is 1. The third-order valence-electron chi connectivity index (χ3n) is 3.61. The molecule has 3 rings (SSSR count). The molecule has 0 saturated heterocycles. The molecule has 118 valence electrons. The van der Waals surface area contributed by atoms with Crippen LogP contribution in [0.4, 0.5) is 11.4 Å². The third kappa shape index (κ3) is 3.79. The molecule has 4 nitrogen and oxygen atoms in total. The van der Waals surface area contributed by atoms with Gasteiger partial charge in [-0.25, -0.2) is 0 Å². The van der Waals surface area contributed by atoms with E-state index in [0.717, 1.165) is 11.4 Å². The first-order valence-electron chi connectivity index (χ1n) is 7.85. The number of nitrogens with zero attached hydrogens (tertiary/aromatic N) is 2. The first kappa shape index (κ1) is 15.3. The van der Waals surface area contributed by atoms with E-state index in [1.54, 1.807) is 12.4 Å². The van der Waals surface area contributed by atoms with Crippen LogP contribution in [-0.2, 0) is 0 Å². The van der Waals surface area contributed by atoms with E-state index in [2.05, 4.69) is 71.0 Å². The molecule has 0 spiro atoms. The highest BCUT2D eigenvalue weighted by Crippen LogP contribution is 2.24. The molecule has 1 aromatic carbocycles. The summed E-state index contributed by atoms with van der Waals surface area (Å²) in [6.45, 7) is 4.28. The molecule has 0 saturated carbocycles. The SMILES string of the molecule is CC(C)NC1(Nc2ccncc2)C=CN(c2ccccc2)C=C1. The van der Waals surface area contributed by atoms with E-state index in [0.29, 0.717) is 6.04 Å². The van der Waals surface area contributed by atoms with Crippen molar-refractivity contribution in [2.24, 2.45) is 0 Å². The second kappa shape index (κ2) is 6.67. The Bertz CT molecular complexity index is 663. The smallest absolute Gasteiger partial charge is 0.130 e. The van der Waals surface area contributed by atoms with Gasteiger partial charge in [0, 0.05) is 42.2 Å². The summed E-state index contributed by atoms with van der Waals surface area (Å²) < 4.78 is 0. The Balaban J connectivity index is 1.83. The Morgan fingerprint density at radius 2 is 1.61 bits per heavy atom. The lowest BCUT2D eigenvalue weighted by atomic mass is 10.1. The van der Waals surface area contributed by atoms with Crippen molar-refractivity contribution >= 4 is 11.4 Å². The molecule has 0 unspecified atom stereocenters. The molecule has 0 aliphatic carbocycles. The van der Waals surface area contributed by atoms with Gasteiger partial charge in [-0.05, 0) is 50.3 Å². The second-order valence-corrected chi connectivity index (χ2v) is 5.90. The fourth-order valence-corrected chi connectivity index (χ4v) is 2.64. The van der Waals surface area contributed by atoms with Crippen molar-refractivity contribution in [3.63, 3.8) is 0 Å². The minimum Gasteiger partial charge on any atom is -0.361 e. The molecule has 0 atom stereocenters. The summed E-state index contributed by atoms with van der Waals surface area (Å²) in [7, 11) is 0. The van der Waals surface area contributed by atoms with Crippen LogP contribution in [0.15, 0.2) is 79.4 Å². The van der Waals surface area contributed by atoms with Crippen LogP contribution >= 0.6 is 0 Å². The summed E-state index contributed by atoms with van der Waals surface area (Å²) in [6, 6.07) is 14.6. The first-order valence-corrected chi connectivity index (χ1v) is 7.85. The number of aromatic nitrogens is 1. The van der Waals surface area contributed by atoms with Gasteiger partial charge in [0.15, 0.2) is 0 Å². The summed E-state index contributed by atoms with van der Waals surface area (Å²) in [6.07, 6.45) is 12.0. The quantitative estimate of drug-likeness (QED) is 0.826. The lowest BCUT2D eigenvalue weighted by molar-refractivity contribution is 0.473. The number of benzene rings is 1. The molecule has 0 amide bonds. The minimum absolute atomic E-state index is 0.335. The van der Waals surface area contributed by atoms with E-state index in [4.69, 9.17) is 0 Å². The molecular weight excluding hydrogens is 284 g/mol. The molecule has 0 radical (unpaired) electrons. The normalized spacial score (nSPS) is 15.9. The summed E-state index contributed by atoms with van der Waals surface area (Å²) in [5, 5.41) is 7.13. The third-order valence-corrected chi connectivity index (χ3v) is 3.61. The zero-order valence-corrected chi connectivity index (χ0v) is 13.5. The average molecular weight is 306 g/mol. The largest absolute Gasteiger partial charge is 0.361 e. The zero-order valence-electron chi connectivity index (χ0n) is 13.5. The van der Waals surface area contributed by atoms with Gasteiger partial charge in [0.05, 0.1) is 0 Å². The van der Waals surface area contributed by atoms with E-state index in [9.17, 15) is 0 Å². The van der Waals surface area contributed by atoms with Gasteiger partial charge < -0.3 is 10.2 Å². The number of rotatable bonds is 5. The predicted molar refractivity (Wildman–Crippen MR) is 96.1 cm³/mol. The number of hydrogen-bond acceptors (Lipinski definition) is 4. The van der Waals surface area contributed by atoms with Crippen LogP contribution < -0.4 is 15.5 Å². The number of hydrogen-bond donors (Lipinski definition) is 2. The van der Waals surface area contributed by atoms with Crippen LogP contribution in [0.5, 0.6) is 0 Å². The molecule has 0 bridgehead atoms.